The fourth-order valence-electron chi connectivity index (χ4n) is 3.84. The molecule has 0 bridgehead atoms. The van der Waals surface area contributed by atoms with Crippen LogP contribution in [0.15, 0.2) is 48.5 Å². The van der Waals surface area contributed by atoms with E-state index in [-0.39, 0.29) is 25.0 Å². The first kappa shape index (κ1) is 33.4. The third-order valence-electron chi connectivity index (χ3n) is 5.97. The van der Waals surface area contributed by atoms with Gasteiger partial charge in [0.25, 0.3) is 11.8 Å². The number of carbonyl (C=O) groups is 2. The molecule has 1 aliphatic rings. The normalized spacial score (nSPS) is 12.7. The SMILES string of the molecule is Nc1ccccc1OCCOCCOCCOCCOCCOCCOCCOCCN1C(=O)c2ccccc2C1=O. The molecule has 2 aromatic carbocycles. The van der Waals surface area contributed by atoms with E-state index < -0.39 is 0 Å². The molecule has 2 aromatic rings. The number of ether oxygens (including phenoxy) is 8. The highest BCUT2D eigenvalue weighted by atomic mass is 16.6. The zero-order valence-electron chi connectivity index (χ0n) is 24.0. The zero-order chi connectivity index (χ0) is 29.7. The maximum atomic E-state index is 12.3. The molecule has 0 atom stereocenters. The molecular weight excluding hydrogens is 548 g/mol. The van der Waals surface area contributed by atoms with Crippen molar-refractivity contribution >= 4 is 17.5 Å². The highest BCUT2D eigenvalue weighted by molar-refractivity contribution is 6.21. The molecule has 0 spiro atoms. The van der Waals surface area contributed by atoms with Crippen LogP contribution in [0.1, 0.15) is 20.7 Å². The van der Waals surface area contributed by atoms with Crippen molar-refractivity contribution in [1.29, 1.82) is 0 Å². The van der Waals surface area contributed by atoms with Crippen LogP contribution in [0.5, 0.6) is 5.75 Å². The highest BCUT2D eigenvalue weighted by Crippen LogP contribution is 2.22. The maximum absolute atomic E-state index is 12.3. The van der Waals surface area contributed by atoms with Crippen molar-refractivity contribution in [2.24, 2.45) is 0 Å². The molecule has 0 saturated carbocycles. The van der Waals surface area contributed by atoms with E-state index in [1.807, 2.05) is 18.2 Å². The molecule has 12 nitrogen and oxygen atoms in total. The van der Waals surface area contributed by atoms with Gasteiger partial charge in [0.1, 0.15) is 12.4 Å². The van der Waals surface area contributed by atoms with E-state index in [4.69, 9.17) is 43.6 Å². The predicted molar refractivity (Wildman–Crippen MR) is 154 cm³/mol. The lowest BCUT2D eigenvalue weighted by molar-refractivity contribution is -0.0214. The topological polar surface area (TPSA) is 137 Å². The van der Waals surface area contributed by atoms with Crippen molar-refractivity contribution in [3.63, 3.8) is 0 Å². The molecule has 0 saturated heterocycles. The Morgan fingerprint density at radius 3 is 1.26 bits per heavy atom. The fraction of sp³-hybridized carbons (Fsp3) is 0.533. The average molecular weight is 591 g/mol. The number of carbonyl (C=O) groups excluding carboxylic acids is 2. The van der Waals surface area contributed by atoms with Gasteiger partial charge in [-0.25, -0.2) is 0 Å². The van der Waals surface area contributed by atoms with Crippen LogP contribution in [-0.2, 0) is 33.2 Å². The lowest BCUT2D eigenvalue weighted by atomic mass is 10.1. The van der Waals surface area contributed by atoms with Crippen molar-refractivity contribution in [2.75, 3.05) is 111 Å². The van der Waals surface area contributed by atoms with Gasteiger partial charge >= 0.3 is 0 Å². The van der Waals surface area contributed by atoms with E-state index in [9.17, 15) is 9.59 Å². The van der Waals surface area contributed by atoms with Gasteiger partial charge in [-0.1, -0.05) is 24.3 Å². The number of imide groups is 1. The minimum absolute atomic E-state index is 0.216. The van der Waals surface area contributed by atoms with Gasteiger partial charge < -0.3 is 43.6 Å². The summed E-state index contributed by atoms with van der Waals surface area (Å²) in [7, 11) is 0. The van der Waals surface area contributed by atoms with Gasteiger partial charge in [0.15, 0.2) is 0 Å². The zero-order valence-corrected chi connectivity index (χ0v) is 24.0. The molecule has 2 amide bonds. The van der Waals surface area contributed by atoms with E-state index in [0.717, 1.165) is 0 Å². The molecule has 232 valence electrons. The summed E-state index contributed by atoms with van der Waals surface area (Å²) < 4.78 is 43.8. The molecule has 1 heterocycles. The summed E-state index contributed by atoms with van der Waals surface area (Å²) in [4.78, 5) is 25.8. The predicted octanol–water partition coefficient (Wildman–Crippen LogP) is 2.06. The molecule has 3 rings (SSSR count). The summed E-state index contributed by atoms with van der Waals surface area (Å²) in [5, 5.41) is 0. The number of rotatable bonds is 25. The van der Waals surface area contributed by atoms with Crippen molar-refractivity contribution in [2.45, 2.75) is 0 Å². The molecule has 42 heavy (non-hydrogen) atoms. The minimum atomic E-state index is -0.277. The van der Waals surface area contributed by atoms with E-state index in [1.165, 1.54) is 4.90 Å². The van der Waals surface area contributed by atoms with Crippen LogP contribution in [0.2, 0.25) is 0 Å². The number of hydrogen-bond donors (Lipinski definition) is 1. The van der Waals surface area contributed by atoms with Crippen LogP contribution in [0, 0.1) is 0 Å². The molecule has 12 heteroatoms. The van der Waals surface area contributed by atoms with Crippen LogP contribution in [0.3, 0.4) is 0 Å². The van der Waals surface area contributed by atoms with Crippen molar-refractivity contribution in [1.82, 2.24) is 4.90 Å². The van der Waals surface area contributed by atoms with Crippen molar-refractivity contribution in [3.05, 3.63) is 59.7 Å². The summed E-state index contributed by atoms with van der Waals surface area (Å²) >= 11 is 0. The van der Waals surface area contributed by atoms with Crippen LogP contribution in [-0.4, -0.2) is 122 Å². The lowest BCUT2D eigenvalue weighted by Crippen LogP contribution is -2.33. The second-order valence-corrected chi connectivity index (χ2v) is 8.98. The molecule has 1 aliphatic heterocycles. The van der Waals surface area contributed by atoms with E-state index in [1.54, 1.807) is 30.3 Å². The summed E-state index contributed by atoms with van der Waals surface area (Å²) in [6, 6.07) is 14.2. The number of nitrogens with two attached hydrogens (primary N) is 1. The van der Waals surface area contributed by atoms with Crippen LogP contribution in [0.4, 0.5) is 5.69 Å². The number of hydrogen-bond acceptors (Lipinski definition) is 11. The molecule has 0 fully saturated rings. The van der Waals surface area contributed by atoms with E-state index in [2.05, 4.69) is 0 Å². The van der Waals surface area contributed by atoms with Crippen molar-refractivity contribution < 1.29 is 47.5 Å². The Morgan fingerprint density at radius 1 is 0.476 bits per heavy atom. The molecule has 0 unspecified atom stereocenters. The van der Waals surface area contributed by atoms with Gasteiger partial charge in [0.05, 0.1) is 116 Å². The van der Waals surface area contributed by atoms with Crippen LogP contribution in [0.25, 0.3) is 0 Å². The summed E-state index contributed by atoms with van der Waals surface area (Å²) in [6.07, 6.45) is 0. The van der Waals surface area contributed by atoms with Gasteiger partial charge in [-0.3, -0.25) is 14.5 Å². The summed E-state index contributed by atoms with van der Waals surface area (Å²) in [6.45, 7) is 6.86. The van der Waals surface area contributed by atoms with Crippen LogP contribution < -0.4 is 10.5 Å². The van der Waals surface area contributed by atoms with Gasteiger partial charge in [-0.05, 0) is 24.3 Å². The van der Waals surface area contributed by atoms with Crippen LogP contribution >= 0.6 is 0 Å². The molecular formula is C30H42N2O10. The quantitative estimate of drug-likeness (QED) is 0.103. The lowest BCUT2D eigenvalue weighted by Gasteiger charge is -2.13. The number of para-hydroxylation sites is 2. The largest absolute Gasteiger partial charge is 0.489 e. The number of nitrogens with zero attached hydrogens (tertiary/aromatic N) is 1. The van der Waals surface area contributed by atoms with Gasteiger partial charge in [0, 0.05) is 0 Å². The third-order valence-corrected chi connectivity index (χ3v) is 5.97. The Balaban J connectivity index is 0.977. The van der Waals surface area contributed by atoms with E-state index in [0.29, 0.717) is 115 Å². The second kappa shape index (κ2) is 20.7. The maximum Gasteiger partial charge on any atom is 0.261 e. The Morgan fingerprint density at radius 2 is 0.833 bits per heavy atom. The number of amides is 2. The summed E-state index contributed by atoms with van der Waals surface area (Å²) in [5.74, 6) is 0.107. The molecule has 0 aliphatic carbocycles. The average Bonchev–Trinajstić information content (AvgIpc) is 3.25. The molecule has 2 N–H and O–H groups in total. The van der Waals surface area contributed by atoms with Crippen molar-refractivity contribution in [3.8, 4) is 5.75 Å². The number of nitrogen functional groups attached to an aromatic ring is 1. The summed E-state index contributed by atoms with van der Waals surface area (Å²) in [5.41, 5.74) is 7.31. The number of anilines is 1. The number of fused-ring (bicyclic) bond motifs is 1. The standard InChI is InChI=1S/C30H42N2O10/c31-27-7-3-4-8-28(27)42-24-23-41-22-21-40-20-19-39-18-17-38-16-15-37-14-13-36-12-11-35-10-9-32-29(33)25-5-1-2-6-26(25)30(32)34/h1-8H,9-24,31H2. The second-order valence-electron chi connectivity index (χ2n) is 8.98. The first-order valence-corrected chi connectivity index (χ1v) is 14.1. The number of benzene rings is 2. The first-order chi connectivity index (χ1) is 20.7. The Kier molecular flexibility index (Phi) is 16.5. The minimum Gasteiger partial charge on any atom is -0.489 e. The smallest absolute Gasteiger partial charge is 0.261 e. The monoisotopic (exact) mass is 590 g/mol. The fourth-order valence-corrected chi connectivity index (χ4v) is 3.84. The van der Waals surface area contributed by atoms with Gasteiger partial charge in [0.2, 0.25) is 0 Å². The van der Waals surface area contributed by atoms with Gasteiger partial charge in [-0.15, -0.1) is 0 Å². The molecule has 0 radical (unpaired) electrons. The Labute approximate surface area is 246 Å². The van der Waals surface area contributed by atoms with E-state index >= 15 is 0 Å². The first-order valence-electron chi connectivity index (χ1n) is 14.1. The Bertz CT molecular complexity index is 1020. The Hall–Kier alpha value is -3.10. The highest BCUT2D eigenvalue weighted by Gasteiger charge is 2.34. The molecule has 0 aromatic heterocycles. The third kappa shape index (κ3) is 12.4. The van der Waals surface area contributed by atoms with Gasteiger partial charge in [-0.2, -0.15) is 0 Å².